The van der Waals surface area contributed by atoms with Gasteiger partial charge in [-0.25, -0.2) is 0 Å². The van der Waals surface area contributed by atoms with Crippen LogP contribution in [0, 0.1) is 0 Å². The van der Waals surface area contributed by atoms with Crippen molar-refractivity contribution in [1.82, 2.24) is 15.2 Å². The Morgan fingerprint density at radius 1 is 0.971 bits per heavy atom. The summed E-state index contributed by atoms with van der Waals surface area (Å²) in [5.41, 5.74) is 0.758. The molecule has 1 saturated heterocycles. The Labute approximate surface area is 197 Å². The molecule has 7 heteroatoms. The predicted octanol–water partition coefficient (Wildman–Crippen LogP) is 5.53. The van der Waals surface area contributed by atoms with Crippen LogP contribution < -0.4 is 5.32 Å². The Kier molecular flexibility index (Phi) is 7.01. The number of piperidine rings is 1. The SMILES string of the molecule is O=C(NCC1(c2ccccc2)CCN(C=Cc2ccccc2C(F)(F)F)CC1)c1ccccn1. The first-order chi connectivity index (χ1) is 16.4. The maximum atomic E-state index is 13.3. The lowest BCUT2D eigenvalue weighted by molar-refractivity contribution is -0.137. The fourth-order valence-electron chi connectivity index (χ4n) is 4.38. The minimum atomic E-state index is -4.39. The molecule has 0 atom stereocenters. The highest BCUT2D eigenvalue weighted by atomic mass is 19.4. The van der Waals surface area contributed by atoms with Crippen LogP contribution in [-0.2, 0) is 11.6 Å². The van der Waals surface area contributed by atoms with Crippen LogP contribution in [0.4, 0.5) is 13.2 Å². The number of hydrogen-bond acceptors (Lipinski definition) is 3. The van der Waals surface area contributed by atoms with Gasteiger partial charge in [-0.2, -0.15) is 13.2 Å². The van der Waals surface area contributed by atoms with Crippen LogP contribution in [0.1, 0.15) is 40.0 Å². The lowest BCUT2D eigenvalue weighted by Gasteiger charge is -2.42. The first kappa shape index (κ1) is 23.5. The van der Waals surface area contributed by atoms with E-state index in [1.54, 1.807) is 36.7 Å². The Hall–Kier alpha value is -3.61. The number of hydrogen-bond donors (Lipinski definition) is 1. The first-order valence-corrected chi connectivity index (χ1v) is 11.2. The fraction of sp³-hybridized carbons (Fsp3) is 0.259. The monoisotopic (exact) mass is 465 g/mol. The zero-order valence-electron chi connectivity index (χ0n) is 18.6. The molecule has 3 aromatic rings. The Morgan fingerprint density at radius 3 is 2.32 bits per heavy atom. The molecule has 0 bridgehead atoms. The van der Waals surface area contributed by atoms with E-state index < -0.39 is 11.7 Å². The van der Waals surface area contributed by atoms with Gasteiger partial charge in [-0.1, -0.05) is 54.6 Å². The summed E-state index contributed by atoms with van der Waals surface area (Å²) in [6, 6.07) is 20.9. The summed E-state index contributed by atoms with van der Waals surface area (Å²) in [4.78, 5) is 18.8. The summed E-state index contributed by atoms with van der Waals surface area (Å²) in [7, 11) is 0. The number of benzene rings is 2. The summed E-state index contributed by atoms with van der Waals surface area (Å²) in [6.45, 7) is 1.79. The van der Waals surface area contributed by atoms with E-state index in [9.17, 15) is 18.0 Å². The van der Waals surface area contributed by atoms with Gasteiger partial charge in [-0.05, 0) is 54.4 Å². The summed E-state index contributed by atoms with van der Waals surface area (Å²) in [5.74, 6) is -0.220. The maximum Gasteiger partial charge on any atom is 0.416 e. The van der Waals surface area contributed by atoms with Crippen LogP contribution in [0.2, 0.25) is 0 Å². The van der Waals surface area contributed by atoms with Crippen molar-refractivity contribution in [3.63, 3.8) is 0 Å². The van der Waals surface area contributed by atoms with Crippen molar-refractivity contribution < 1.29 is 18.0 Å². The first-order valence-electron chi connectivity index (χ1n) is 11.2. The van der Waals surface area contributed by atoms with Crippen molar-refractivity contribution >= 4 is 12.0 Å². The minimum Gasteiger partial charge on any atom is -0.377 e. The van der Waals surface area contributed by atoms with Crippen LogP contribution >= 0.6 is 0 Å². The quantitative estimate of drug-likeness (QED) is 0.520. The third kappa shape index (κ3) is 5.47. The van der Waals surface area contributed by atoms with Gasteiger partial charge >= 0.3 is 6.18 Å². The molecule has 2 heterocycles. The number of aromatic nitrogens is 1. The lowest BCUT2D eigenvalue weighted by Crippen LogP contribution is -2.48. The van der Waals surface area contributed by atoms with E-state index in [4.69, 9.17) is 0 Å². The molecule has 2 aromatic carbocycles. The van der Waals surface area contributed by atoms with Crippen LogP contribution in [-0.4, -0.2) is 35.4 Å². The average Bonchev–Trinajstić information content (AvgIpc) is 2.87. The van der Waals surface area contributed by atoms with Crippen molar-refractivity contribution in [3.05, 3.63) is 108 Å². The largest absolute Gasteiger partial charge is 0.416 e. The van der Waals surface area contributed by atoms with E-state index in [0.717, 1.165) is 24.5 Å². The third-order valence-corrected chi connectivity index (χ3v) is 6.36. The van der Waals surface area contributed by atoms with Gasteiger partial charge in [0.25, 0.3) is 5.91 Å². The predicted molar refractivity (Wildman–Crippen MR) is 126 cm³/mol. The Bertz CT molecular complexity index is 1120. The maximum absolute atomic E-state index is 13.3. The van der Waals surface area contributed by atoms with Gasteiger partial charge in [0, 0.05) is 31.2 Å². The number of likely N-dealkylation sites (tertiary alicyclic amines) is 1. The molecule has 1 fully saturated rings. The Balaban J connectivity index is 1.47. The fourth-order valence-corrected chi connectivity index (χ4v) is 4.38. The summed E-state index contributed by atoms with van der Waals surface area (Å²) in [6.07, 6.45) is 1.98. The van der Waals surface area contributed by atoms with Gasteiger partial charge in [-0.3, -0.25) is 9.78 Å². The molecule has 4 nitrogen and oxygen atoms in total. The second kappa shape index (κ2) is 10.1. The van der Waals surface area contributed by atoms with Crippen LogP contribution in [0.3, 0.4) is 0 Å². The molecule has 0 spiro atoms. The second-order valence-electron chi connectivity index (χ2n) is 8.48. The average molecular weight is 466 g/mol. The highest BCUT2D eigenvalue weighted by molar-refractivity contribution is 5.92. The third-order valence-electron chi connectivity index (χ3n) is 6.36. The highest BCUT2D eigenvalue weighted by Gasteiger charge is 2.36. The molecule has 4 rings (SSSR count). The zero-order chi connectivity index (χ0) is 24.0. The lowest BCUT2D eigenvalue weighted by atomic mass is 9.72. The van der Waals surface area contributed by atoms with E-state index in [2.05, 4.69) is 22.4 Å². The number of carbonyl (C=O) groups is 1. The molecule has 0 unspecified atom stereocenters. The molecule has 1 aromatic heterocycles. The van der Waals surface area contributed by atoms with Gasteiger partial charge in [0.1, 0.15) is 5.69 Å². The highest BCUT2D eigenvalue weighted by Crippen LogP contribution is 2.36. The van der Waals surface area contributed by atoms with E-state index >= 15 is 0 Å². The molecule has 0 radical (unpaired) electrons. The van der Waals surface area contributed by atoms with E-state index in [0.29, 0.717) is 25.3 Å². The number of nitrogens with zero attached hydrogens (tertiary/aromatic N) is 2. The molecule has 1 N–H and O–H groups in total. The number of alkyl halides is 3. The molecule has 0 saturated carbocycles. The van der Waals surface area contributed by atoms with Crippen molar-refractivity contribution in [3.8, 4) is 0 Å². The van der Waals surface area contributed by atoms with Crippen molar-refractivity contribution in [2.45, 2.75) is 24.4 Å². The van der Waals surface area contributed by atoms with E-state index in [1.807, 2.05) is 23.1 Å². The minimum absolute atomic E-state index is 0.150. The summed E-state index contributed by atoms with van der Waals surface area (Å²) in [5, 5.41) is 3.04. The van der Waals surface area contributed by atoms with Gasteiger partial charge in [0.2, 0.25) is 0 Å². The van der Waals surface area contributed by atoms with Crippen molar-refractivity contribution in [1.29, 1.82) is 0 Å². The van der Waals surface area contributed by atoms with Gasteiger partial charge < -0.3 is 10.2 Å². The molecular formula is C27H26F3N3O. The topological polar surface area (TPSA) is 45.2 Å². The van der Waals surface area contributed by atoms with E-state index in [1.165, 1.54) is 18.2 Å². The number of halogens is 3. The summed E-state index contributed by atoms with van der Waals surface area (Å²) < 4.78 is 39.9. The van der Waals surface area contributed by atoms with Gasteiger partial charge in [0.05, 0.1) is 5.56 Å². The smallest absolute Gasteiger partial charge is 0.377 e. The molecule has 34 heavy (non-hydrogen) atoms. The molecule has 1 aliphatic rings. The van der Waals surface area contributed by atoms with Crippen molar-refractivity contribution in [2.75, 3.05) is 19.6 Å². The van der Waals surface area contributed by atoms with Crippen LogP contribution in [0.25, 0.3) is 6.08 Å². The second-order valence-corrected chi connectivity index (χ2v) is 8.48. The molecular weight excluding hydrogens is 439 g/mol. The standard InChI is InChI=1S/C27H26F3N3O/c28-27(29,30)23-11-5-4-8-21(23)13-17-33-18-14-26(15-19-33,22-9-2-1-3-10-22)20-32-25(34)24-12-6-7-16-31-24/h1-13,16-17H,14-15,18-20H2,(H,32,34). The molecule has 1 aliphatic heterocycles. The number of rotatable bonds is 6. The number of nitrogens with one attached hydrogen (secondary N) is 1. The Morgan fingerprint density at radius 2 is 1.65 bits per heavy atom. The molecule has 1 amide bonds. The number of amides is 1. The number of carbonyl (C=O) groups excluding carboxylic acids is 1. The van der Waals surface area contributed by atoms with Crippen LogP contribution in [0.5, 0.6) is 0 Å². The zero-order valence-corrected chi connectivity index (χ0v) is 18.6. The number of pyridine rings is 1. The van der Waals surface area contributed by atoms with Crippen molar-refractivity contribution in [2.24, 2.45) is 0 Å². The summed E-state index contributed by atoms with van der Waals surface area (Å²) >= 11 is 0. The normalized spacial score (nSPS) is 15.9. The molecule has 176 valence electrons. The van der Waals surface area contributed by atoms with E-state index in [-0.39, 0.29) is 16.9 Å². The van der Waals surface area contributed by atoms with Crippen LogP contribution in [0.15, 0.2) is 85.2 Å². The van der Waals surface area contributed by atoms with Gasteiger partial charge in [0.15, 0.2) is 0 Å². The van der Waals surface area contributed by atoms with Gasteiger partial charge in [-0.15, -0.1) is 0 Å². The molecule has 0 aliphatic carbocycles.